The number of aliphatic hydroxyl groups excluding tert-OH is 1. The lowest BCUT2D eigenvalue weighted by Gasteiger charge is -2.31. The van der Waals surface area contributed by atoms with E-state index in [-0.39, 0.29) is 6.10 Å². The van der Waals surface area contributed by atoms with E-state index in [0.717, 1.165) is 41.7 Å². The number of rotatable bonds is 3. The molecule has 4 heteroatoms. The molecule has 0 saturated heterocycles. The molecule has 0 unspecified atom stereocenters. The summed E-state index contributed by atoms with van der Waals surface area (Å²) in [5.41, 5.74) is 8.62. The van der Waals surface area contributed by atoms with Crippen molar-refractivity contribution in [2.45, 2.75) is 18.9 Å². The van der Waals surface area contributed by atoms with E-state index in [1.165, 1.54) is 0 Å². The van der Waals surface area contributed by atoms with Crippen molar-refractivity contribution in [3.05, 3.63) is 30.5 Å². The van der Waals surface area contributed by atoms with Crippen molar-refractivity contribution in [3.8, 4) is 0 Å². The normalized spacial score (nSPS) is 22.7. The predicted molar refractivity (Wildman–Crippen MR) is 73.4 cm³/mol. The average molecular weight is 243 g/mol. The van der Waals surface area contributed by atoms with Crippen LogP contribution in [-0.2, 0) is 0 Å². The molecule has 94 valence electrons. The van der Waals surface area contributed by atoms with Gasteiger partial charge in [-0.1, -0.05) is 0 Å². The summed E-state index contributed by atoms with van der Waals surface area (Å²) in [6.45, 7) is 0.882. The lowest BCUT2D eigenvalue weighted by molar-refractivity contribution is 0.0487. The first kappa shape index (κ1) is 11.3. The minimum Gasteiger partial charge on any atom is -0.398 e. The van der Waals surface area contributed by atoms with Crippen molar-refractivity contribution in [2.75, 3.05) is 17.6 Å². The fourth-order valence-corrected chi connectivity index (χ4v) is 2.46. The van der Waals surface area contributed by atoms with Crippen molar-refractivity contribution < 1.29 is 5.11 Å². The van der Waals surface area contributed by atoms with Crippen molar-refractivity contribution >= 4 is 22.3 Å². The van der Waals surface area contributed by atoms with Gasteiger partial charge in [0.05, 0.1) is 17.3 Å². The Morgan fingerprint density at radius 3 is 2.94 bits per heavy atom. The molecule has 0 bridgehead atoms. The first-order chi connectivity index (χ1) is 8.74. The van der Waals surface area contributed by atoms with Gasteiger partial charge < -0.3 is 16.2 Å². The lowest BCUT2D eigenvalue weighted by Crippen LogP contribution is -2.33. The smallest absolute Gasteiger partial charge is 0.0953 e. The number of hydrogen-bond acceptors (Lipinski definition) is 4. The molecule has 4 nitrogen and oxygen atoms in total. The first-order valence-electron chi connectivity index (χ1n) is 6.29. The fraction of sp³-hybridized carbons (Fsp3) is 0.357. The van der Waals surface area contributed by atoms with Gasteiger partial charge in [-0.25, -0.2) is 0 Å². The van der Waals surface area contributed by atoms with E-state index in [0.29, 0.717) is 5.92 Å². The van der Waals surface area contributed by atoms with Crippen LogP contribution in [0.2, 0.25) is 0 Å². The molecule has 1 aromatic heterocycles. The Kier molecular flexibility index (Phi) is 2.80. The van der Waals surface area contributed by atoms with E-state index in [9.17, 15) is 5.11 Å². The number of aliphatic hydroxyl groups is 1. The second-order valence-electron chi connectivity index (χ2n) is 4.97. The van der Waals surface area contributed by atoms with Gasteiger partial charge in [0.15, 0.2) is 0 Å². The number of nitrogen functional groups attached to an aromatic ring is 1. The maximum absolute atomic E-state index is 9.27. The molecule has 18 heavy (non-hydrogen) atoms. The average Bonchev–Trinajstić information content (AvgIpc) is 2.36. The molecule has 0 amide bonds. The highest BCUT2D eigenvalue weighted by atomic mass is 16.3. The van der Waals surface area contributed by atoms with Crippen LogP contribution in [0.25, 0.3) is 10.9 Å². The number of pyridine rings is 1. The van der Waals surface area contributed by atoms with E-state index in [1.54, 1.807) is 6.20 Å². The topological polar surface area (TPSA) is 71.2 Å². The Morgan fingerprint density at radius 1 is 1.33 bits per heavy atom. The second-order valence-corrected chi connectivity index (χ2v) is 4.97. The van der Waals surface area contributed by atoms with Crippen LogP contribution in [0.15, 0.2) is 30.5 Å². The van der Waals surface area contributed by atoms with E-state index in [2.05, 4.69) is 10.3 Å². The minimum absolute atomic E-state index is 0.0990. The highest BCUT2D eigenvalue weighted by Gasteiger charge is 2.26. The Bertz CT molecular complexity index is 564. The Hall–Kier alpha value is -1.81. The molecule has 0 radical (unpaired) electrons. The van der Waals surface area contributed by atoms with Crippen LogP contribution in [-0.4, -0.2) is 22.7 Å². The number of nitrogens with zero attached hydrogens (tertiary/aromatic N) is 1. The van der Waals surface area contributed by atoms with Crippen LogP contribution in [0.1, 0.15) is 12.8 Å². The molecule has 1 saturated carbocycles. The number of fused-ring (bicyclic) bond motifs is 1. The molecule has 1 aromatic carbocycles. The summed E-state index contributed by atoms with van der Waals surface area (Å²) in [7, 11) is 0. The van der Waals surface area contributed by atoms with E-state index in [4.69, 9.17) is 5.73 Å². The molecular formula is C14H17N3O. The summed E-state index contributed by atoms with van der Waals surface area (Å²) in [6.07, 6.45) is 3.47. The monoisotopic (exact) mass is 243 g/mol. The molecule has 1 fully saturated rings. The molecule has 1 aliphatic rings. The molecule has 2 aromatic rings. The summed E-state index contributed by atoms with van der Waals surface area (Å²) in [6, 6.07) is 7.75. The van der Waals surface area contributed by atoms with Gasteiger partial charge in [0.2, 0.25) is 0 Å². The third-order valence-corrected chi connectivity index (χ3v) is 3.60. The number of nitrogens with two attached hydrogens (primary N) is 1. The van der Waals surface area contributed by atoms with Crippen LogP contribution in [0.3, 0.4) is 0 Å². The zero-order chi connectivity index (χ0) is 12.5. The third-order valence-electron chi connectivity index (χ3n) is 3.60. The zero-order valence-corrected chi connectivity index (χ0v) is 10.1. The Morgan fingerprint density at radius 2 is 2.17 bits per heavy atom. The largest absolute Gasteiger partial charge is 0.398 e. The van der Waals surface area contributed by atoms with Gasteiger partial charge in [-0.05, 0) is 43.0 Å². The fourth-order valence-electron chi connectivity index (χ4n) is 2.46. The Labute approximate surface area is 106 Å². The van der Waals surface area contributed by atoms with Gasteiger partial charge >= 0.3 is 0 Å². The van der Waals surface area contributed by atoms with Crippen LogP contribution < -0.4 is 11.1 Å². The maximum Gasteiger partial charge on any atom is 0.0953 e. The molecular weight excluding hydrogens is 226 g/mol. The van der Waals surface area contributed by atoms with Crippen LogP contribution in [0.5, 0.6) is 0 Å². The van der Waals surface area contributed by atoms with Gasteiger partial charge in [-0.15, -0.1) is 0 Å². The maximum atomic E-state index is 9.27. The van der Waals surface area contributed by atoms with Gasteiger partial charge in [0, 0.05) is 23.8 Å². The van der Waals surface area contributed by atoms with Gasteiger partial charge in [0.1, 0.15) is 0 Å². The molecule has 1 heterocycles. The van der Waals surface area contributed by atoms with Crippen molar-refractivity contribution in [1.29, 1.82) is 0 Å². The minimum atomic E-state index is -0.0990. The van der Waals surface area contributed by atoms with E-state index >= 15 is 0 Å². The van der Waals surface area contributed by atoms with Crippen LogP contribution in [0, 0.1) is 5.92 Å². The number of aromatic nitrogens is 1. The lowest BCUT2D eigenvalue weighted by atomic mass is 9.82. The summed E-state index contributed by atoms with van der Waals surface area (Å²) in [5.74, 6) is 0.566. The zero-order valence-electron chi connectivity index (χ0n) is 10.1. The van der Waals surface area contributed by atoms with E-state index in [1.807, 2.05) is 24.3 Å². The van der Waals surface area contributed by atoms with Gasteiger partial charge in [0.25, 0.3) is 0 Å². The Balaban J connectivity index is 1.81. The molecule has 4 N–H and O–H groups in total. The highest BCUT2D eigenvalue weighted by Crippen LogP contribution is 2.30. The molecule has 0 aliphatic heterocycles. The molecule has 1 aliphatic carbocycles. The molecule has 0 spiro atoms. The van der Waals surface area contributed by atoms with Crippen LogP contribution >= 0.6 is 0 Å². The SMILES string of the molecule is Nc1ccc(NCC2CC(O)C2)c2ncccc12. The van der Waals surface area contributed by atoms with Crippen molar-refractivity contribution in [1.82, 2.24) is 4.98 Å². The van der Waals surface area contributed by atoms with Gasteiger partial charge in [-0.3, -0.25) is 4.98 Å². The summed E-state index contributed by atoms with van der Waals surface area (Å²) >= 11 is 0. The summed E-state index contributed by atoms with van der Waals surface area (Å²) < 4.78 is 0. The number of benzene rings is 1. The van der Waals surface area contributed by atoms with Gasteiger partial charge in [-0.2, -0.15) is 0 Å². The number of hydrogen-bond donors (Lipinski definition) is 3. The summed E-state index contributed by atoms with van der Waals surface area (Å²) in [4.78, 5) is 4.39. The number of anilines is 2. The highest BCUT2D eigenvalue weighted by molar-refractivity contribution is 5.98. The number of nitrogens with one attached hydrogen (secondary N) is 1. The molecule has 3 rings (SSSR count). The van der Waals surface area contributed by atoms with E-state index < -0.39 is 0 Å². The summed E-state index contributed by atoms with van der Waals surface area (Å²) in [5, 5.41) is 13.7. The quantitative estimate of drug-likeness (QED) is 0.721. The second kappa shape index (κ2) is 4.46. The standard InChI is InChI=1S/C14H17N3O/c15-12-3-4-13(14-11(12)2-1-5-16-14)17-8-9-6-10(18)7-9/h1-5,9-10,17-18H,6-8,15H2. The van der Waals surface area contributed by atoms with Crippen molar-refractivity contribution in [3.63, 3.8) is 0 Å². The van der Waals surface area contributed by atoms with Crippen LogP contribution in [0.4, 0.5) is 11.4 Å². The molecule has 0 atom stereocenters. The first-order valence-corrected chi connectivity index (χ1v) is 6.29. The van der Waals surface area contributed by atoms with Crippen molar-refractivity contribution in [2.24, 2.45) is 5.92 Å². The third kappa shape index (κ3) is 1.99. The predicted octanol–water partition coefficient (Wildman–Crippen LogP) is 2.00.